The molecule has 1 atom stereocenters. The van der Waals surface area contributed by atoms with Crippen molar-refractivity contribution in [2.45, 2.75) is 45.1 Å². The molecule has 1 aliphatic heterocycles. The topological polar surface area (TPSA) is 60.9 Å². The van der Waals surface area contributed by atoms with Gasteiger partial charge < -0.3 is 10.0 Å². The van der Waals surface area contributed by atoms with Crippen molar-refractivity contribution in [1.29, 1.82) is 0 Å². The van der Waals surface area contributed by atoms with E-state index < -0.39 is 5.97 Å². The van der Waals surface area contributed by atoms with Crippen LogP contribution in [0.25, 0.3) is 0 Å². The van der Waals surface area contributed by atoms with E-state index in [-0.39, 0.29) is 24.4 Å². The molecule has 0 spiro atoms. The van der Waals surface area contributed by atoms with Crippen molar-refractivity contribution < 1.29 is 14.7 Å². The van der Waals surface area contributed by atoms with Gasteiger partial charge in [0, 0.05) is 25.6 Å². The number of nitrogens with zero attached hydrogens (tertiary/aromatic N) is 2. The first-order valence-electron chi connectivity index (χ1n) is 8.79. The molecule has 1 unspecified atom stereocenters. The van der Waals surface area contributed by atoms with Gasteiger partial charge in [0.15, 0.2) is 0 Å². The van der Waals surface area contributed by atoms with Crippen molar-refractivity contribution in [3.8, 4) is 0 Å². The summed E-state index contributed by atoms with van der Waals surface area (Å²) in [6, 6.07) is 10.4. The maximum atomic E-state index is 12.5. The lowest BCUT2D eigenvalue weighted by molar-refractivity contribution is -0.140. The summed E-state index contributed by atoms with van der Waals surface area (Å²) in [7, 11) is 0. The summed E-state index contributed by atoms with van der Waals surface area (Å²) in [6.45, 7) is 6.34. The van der Waals surface area contributed by atoms with Crippen LogP contribution in [0.2, 0.25) is 0 Å². The van der Waals surface area contributed by atoms with E-state index in [0.29, 0.717) is 6.42 Å². The molecule has 5 heteroatoms. The third kappa shape index (κ3) is 5.06. The quantitative estimate of drug-likeness (QED) is 0.834. The fraction of sp³-hybridized carbons (Fsp3) is 0.579. The largest absolute Gasteiger partial charge is 0.480 e. The number of carboxylic acids is 1. The Morgan fingerprint density at radius 1 is 1.25 bits per heavy atom. The standard InChI is InChI=1S/C19H28N2O3/c1-3-20(14-19(23)24)17-9-11-21(12-10-17)18(22)13-15(2)16-7-5-4-6-8-16/h4-8,15,17H,3,9-14H2,1-2H3,(H,23,24). The van der Waals surface area contributed by atoms with Crippen molar-refractivity contribution in [2.75, 3.05) is 26.2 Å². The number of hydrogen-bond acceptors (Lipinski definition) is 3. The molecule has 0 aliphatic carbocycles. The molecule has 0 aromatic heterocycles. The molecule has 1 aromatic carbocycles. The summed E-state index contributed by atoms with van der Waals surface area (Å²) < 4.78 is 0. The number of piperidine rings is 1. The van der Waals surface area contributed by atoms with Crippen LogP contribution in [0.3, 0.4) is 0 Å². The van der Waals surface area contributed by atoms with E-state index in [1.165, 1.54) is 5.56 Å². The van der Waals surface area contributed by atoms with Gasteiger partial charge in [-0.25, -0.2) is 0 Å². The molecule has 2 rings (SSSR count). The number of likely N-dealkylation sites (N-methyl/N-ethyl adjacent to an activating group) is 1. The van der Waals surface area contributed by atoms with Gasteiger partial charge in [0.2, 0.25) is 5.91 Å². The van der Waals surface area contributed by atoms with E-state index in [1.54, 1.807) is 0 Å². The number of carbonyl (C=O) groups excluding carboxylic acids is 1. The summed E-state index contributed by atoms with van der Waals surface area (Å²) >= 11 is 0. The van der Waals surface area contributed by atoms with Crippen LogP contribution in [0.1, 0.15) is 44.6 Å². The smallest absolute Gasteiger partial charge is 0.317 e. The van der Waals surface area contributed by atoms with Gasteiger partial charge in [0.25, 0.3) is 0 Å². The Balaban J connectivity index is 1.83. The van der Waals surface area contributed by atoms with Crippen LogP contribution in [-0.4, -0.2) is 59.0 Å². The minimum absolute atomic E-state index is 0.0835. The summed E-state index contributed by atoms with van der Waals surface area (Å²) in [6.07, 6.45) is 2.24. The van der Waals surface area contributed by atoms with Crippen LogP contribution in [0, 0.1) is 0 Å². The van der Waals surface area contributed by atoms with Gasteiger partial charge in [0.1, 0.15) is 0 Å². The molecular weight excluding hydrogens is 304 g/mol. The van der Waals surface area contributed by atoms with Crippen LogP contribution in [-0.2, 0) is 9.59 Å². The molecule has 1 N–H and O–H groups in total. The third-order valence-corrected chi connectivity index (χ3v) is 4.93. The lowest BCUT2D eigenvalue weighted by Gasteiger charge is -2.37. The van der Waals surface area contributed by atoms with E-state index in [2.05, 4.69) is 19.1 Å². The van der Waals surface area contributed by atoms with Crippen molar-refractivity contribution in [3.05, 3.63) is 35.9 Å². The maximum absolute atomic E-state index is 12.5. The second-order valence-corrected chi connectivity index (χ2v) is 6.58. The zero-order chi connectivity index (χ0) is 17.5. The molecule has 132 valence electrons. The number of likely N-dealkylation sites (tertiary alicyclic amines) is 1. The summed E-state index contributed by atoms with van der Waals surface area (Å²) in [5.74, 6) is -0.367. The number of amides is 1. The minimum Gasteiger partial charge on any atom is -0.480 e. The van der Waals surface area contributed by atoms with E-state index in [4.69, 9.17) is 5.11 Å². The molecule has 24 heavy (non-hydrogen) atoms. The van der Waals surface area contributed by atoms with Gasteiger partial charge in [0.05, 0.1) is 6.54 Å². The average Bonchev–Trinajstić information content (AvgIpc) is 2.60. The zero-order valence-electron chi connectivity index (χ0n) is 14.6. The Labute approximate surface area is 144 Å². The van der Waals surface area contributed by atoms with E-state index in [9.17, 15) is 9.59 Å². The van der Waals surface area contributed by atoms with Crippen molar-refractivity contribution in [3.63, 3.8) is 0 Å². The Morgan fingerprint density at radius 3 is 2.42 bits per heavy atom. The van der Waals surface area contributed by atoms with Gasteiger partial charge in [-0.2, -0.15) is 0 Å². The average molecular weight is 332 g/mol. The number of hydrogen-bond donors (Lipinski definition) is 1. The molecule has 0 saturated carbocycles. The van der Waals surface area contributed by atoms with Gasteiger partial charge >= 0.3 is 5.97 Å². The fourth-order valence-electron chi connectivity index (χ4n) is 3.44. The molecule has 1 aliphatic rings. The fourth-order valence-corrected chi connectivity index (χ4v) is 3.44. The van der Waals surface area contributed by atoms with Gasteiger partial charge in [-0.1, -0.05) is 44.2 Å². The van der Waals surface area contributed by atoms with Gasteiger partial charge in [-0.3, -0.25) is 14.5 Å². The van der Waals surface area contributed by atoms with E-state index in [0.717, 1.165) is 32.5 Å². The minimum atomic E-state index is -0.785. The Morgan fingerprint density at radius 2 is 1.88 bits per heavy atom. The number of carbonyl (C=O) groups is 2. The van der Waals surface area contributed by atoms with Crippen molar-refractivity contribution in [2.24, 2.45) is 0 Å². The van der Waals surface area contributed by atoms with Crippen molar-refractivity contribution >= 4 is 11.9 Å². The second kappa shape index (κ2) is 8.83. The van der Waals surface area contributed by atoms with E-state index in [1.807, 2.05) is 34.9 Å². The highest BCUT2D eigenvalue weighted by Crippen LogP contribution is 2.22. The Bertz CT molecular complexity index is 539. The number of carboxylic acid groups (broad SMARTS) is 1. The molecule has 5 nitrogen and oxygen atoms in total. The zero-order valence-corrected chi connectivity index (χ0v) is 14.6. The molecule has 1 heterocycles. The summed E-state index contributed by atoms with van der Waals surface area (Å²) in [5.41, 5.74) is 1.19. The Hall–Kier alpha value is -1.88. The van der Waals surface area contributed by atoms with E-state index >= 15 is 0 Å². The van der Waals surface area contributed by atoms with Crippen LogP contribution in [0.4, 0.5) is 0 Å². The molecular formula is C19H28N2O3. The highest BCUT2D eigenvalue weighted by atomic mass is 16.4. The monoisotopic (exact) mass is 332 g/mol. The first kappa shape index (κ1) is 18.5. The normalized spacial score (nSPS) is 17.0. The van der Waals surface area contributed by atoms with Gasteiger partial charge in [-0.05, 0) is 30.9 Å². The molecule has 1 fully saturated rings. The van der Waals surface area contributed by atoms with Crippen molar-refractivity contribution in [1.82, 2.24) is 9.80 Å². The SMILES string of the molecule is CCN(CC(=O)O)C1CCN(C(=O)CC(C)c2ccccc2)CC1. The highest BCUT2D eigenvalue weighted by molar-refractivity contribution is 5.77. The molecule has 1 saturated heterocycles. The first-order chi connectivity index (χ1) is 11.5. The molecule has 1 amide bonds. The number of benzene rings is 1. The third-order valence-electron chi connectivity index (χ3n) is 4.93. The lowest BCUT2D eigenvalue weighted by atomic mass is 9.96. The van der Waals surface area contributed by atoms with Crippen LogP contribution < -0.4 is 0 Å². The lowest BCUT2D eigenvalue weighted by Crippen LogP contribution is -2.48. The number of aliphatic carboxylic acids is 1. The summed E-state index contributed by atoms with van der Waals surface area (Å²) in [5, 5.41) is 8.99. The predicted octanol–water partition coefficient (Wildman–Crippen LogP) is 2.58. The first-order valence-corrected chi connectivity index (χ1v) is 8.79. The molecule has 0 bridgehead atoms. The number of rotatable bonds is 7. The highest BCUT2D eigenvalue weighted by Gasteiger charge is 2.27. The second-order valence-electron chi connectivity index (χ2n) is 6.58. The molecule has 0 radical (unpaired) electrons. The molecule has 1 aromatic rings. The maximum Gasteiger partial charge on any atom is 0.317 e. The van der Waals surface area contributed by atoms with Crippen LogP contribution in [0.5, 0.6) is 0 Å². The van der Waals surface area contributed by atoms with Crippen LogP contribution in [0.15, 0.2) is 30.3 Å². The summed E-state index contributed by atoms with van der Waals surface area (Å²) in [4.78, 5) is 27.4. The predicted molar refractivity (Wildman–Crippen MR) is 94.0 cm³/mol. The Kier molecular flexibility index (Phi) is 6.79. The van der Waals surface area contributed by atoms with Gasteiger partial charge in [-0.15, -0.1) is 0 Å². The van der Waals surface area contributed by atoms with Crippen LogP contribution >= 0.6 is 0 Å².